The summed E-state index contributed by atoms with van der Waals surface area (Å²) in [4.78, 5) is 21.2. The first-order chi connectivity index (χ1) is 11.6. The Balaban J connectivity index is 1.70. The number of aromatic nitrogens is 2. The van der Waals surface area contributed by atoms with Crippen LogP contribution in [-0.4, -0.2) is 40.1 Å². The molecule has 1 atom stereocenters. The highest BCUT2D eigenvalue weighted by Gasteiger charge is 2.36. The quantitative estimate of drug-likeness (QED) is 0.816. The van der Waals surface area contributed by atoms with E-state index in [4.69, 9.17) is 4.52 Å². The Morgan fingerprint density at radius 3 is 2.71 bits per heavy atom. The molecule has 2 heterocycles. The van der Waals surface area contributed by atoms with Crippen molar-refractivity contribution in [2.45, 2.75) is 45.7 Å². The summed E-state index contributed by atoms with van der Waals surface area (Å²) in [5.74, 6) is 1.67. The van der Waals surface area contributed by atoms with E-state index < -0.39 is 0 Å². The van der Waals surface area contributed by atoms with Gasteiger partial charge in [0.15, 0.2) is 5.82 Å². The van der Waals surface area contributed by atoms with Crippen molar-refractivity contribution < 1.29 is 9.32 Å². The molecule has 0 saturated carbocycles. The van der Waals surface area contributed by atoms with E-state index >= 15 is 0 Å². The van der Waals surface area contributed by atoms with Crippen LogP contribution in [0.4, 0.5) is 5.69 Å². The van der Waals surface area contributed by atoms with Crippen molar-refractivity contribution in [1.29, 1.82) is 0 Å². The molecule has 6 heteroatoms. The van der Waals surface area contributed by atoms with Gasteiger partial charge >= 0.3 is 0 Å². The maximum atomic E-state index is 12.8. The van der Waals surface area contributed by atoms with E-state index in [1.165, 1.54) is 0 Å². The molecule has 1 aliphatic heterocycles. The predicted octanol–water partition coefficient (Wildman–Crippen LogP) is 2.82. The highest BCUT2D eigenvalue weighted by Crippen LogP contribution is 2.25. The Kier molecular flexibility index (Phi) is 4.94. The van der Waals surface area contributed by atoms with Crippen molar-refractivity contribution in [3.63, 3.8) is 0 Å². The second kappa shape index (κ2) is 7.13. The largest absolute Gasteiger partial charge is 0.338 e. The standard InChI is InChI=1S/C18H24N4O2/c1-4-21(12-16-19-17(13(2)3)20-24-16)15-10-11-22(18(15)23)14-8-6-5-7-9-14/h5-9,13,15H,4,10-12H2,1-3H3. The molecular formula is C18H24N4O2. The van der Waals surface area contributed by atoms with E-state index in [0.717, 1.165) is 25.2 Å². The Hall–Kier alpha value is -2.21. The first-order valence-electron chi connectivity index (χ1n) is 8.53. The van der Waals surface area contributed by atoms with E-state index in [0.29, 0.717) is 18.3 Å². The molecule has 1 aliphatic rings. The number of anilines is 1. The first-order valence-corrected chi connectivity index (χ1v) is 8.53. The van der Waals surface area contributed by atoms with Crippen LogP contribution in [0, 0.1) is 0 Å². The molecule has 0 radical (unpaired) electrons. The molecule has 1 amide bonds. The molecule has 1 unspecified atom stereocenters. The van der Waals surface area contributed by atoms with Gasteiger partial charge in [0.1, 0.15) is 0 Å². The molecule has 0 bridgehead atoms. The normalized spacial score (nSPS) is 18.1. The Bertz CT molecular complexity index is 683. The van der Waals surface area contributed by atoms with Gasteiger partial charge < -0.3 is 9.42 Å². The van der Waals surface area contributed by atoms with Crippen LogP contribution in [0.1, 0.15) is 44.8 Å². The van der Waals surface area contributed by atoms with Crippen LogP contribution in [0.25, 0.3) is 0 Å². The molecule has 1 fully saturated rings. The lowest BCUT2D eigenvalue weighted by atomic mass is 10.2. The summed E-state index contributed by atoms with van der Waals surface area (Å²) >= 11 is 0. The number of hydrogen-bond acceptors (Lipinski definition) is 5. The third-order valence-corrected chi connectivity index (χ3v) is 4.43. The van der Waals surface area contributed by atoms with Crippen LogP contribution in [0.5, 0.6) is 0 Å². The summed E-state index contributed by atoms with van der Waals surface area (Å²) in [7, 11) is 0. The third kappa shape index (κ3) is 3.33. The lowest BCUT2D eigenvalue weighted by Gasteiger charge is -2.25. The van der Waals surface area contributed by atoms with Gasteiger partial charge in [-0.05, 0) is 25.1 Å². The van der Waals surface area contributed by atoms with E-state index in [-0.39, 0.29) is 17.9 Å². The highest BCUT2D eigenvalue weighted by molar-refractivity contribution is 5.99. The molecule has 0 aliphatic carbocycles. The van der Waals surface area contributed by atoms with Crippen molar-refractivity contribution >= 4 is 11.6 Å². The minimum atomic E-state index is -0.135. The number of benzene rings is 1. The molecule has 2 aromatic rings. The molecule has 3 rings (SSSR count). The smallest absolute Gasteiger partial charge is 0.244 e. The zero-order valence-electron chi connectivity index (χ0n) is 14.5. The van der Waals surface area contributed by atoms with Crippen LogP contribution in [0.15, 0.2) is 34.9 Å². The van der Waals surface area contributed by atoms with Crippen molar-refractivity contribution in [2.24, 2.45) is 0 Å². The topological polar surface area (TPSA) is 62.5 Å². The molecule has 6 nitrogen and oxygen atoms in total. The minimum absolute atomic E-state index is 0.135. The van der Waals surface area contributed by atoms with Gasteiger partial charge in [0, 0.05) is 18.2 Å². The first kappa shape index (κ1) is 16.6. The SMILES string of the molecule is CCN(Cc1nc(C(C)C)no1)C1CCN(c2ccccc2)C1=O. The van der Waals surface area contributed by atoms with Crippen LogP contribution < -0.4 is 4.90 Å². The average Bonchev–Trinajstić information content (AvgIpc) is 3.20. The van der Waals surface area contributed by atoms with Crippen LogP contribution in [0.3, 0.4) is 0 Å². The Morgan fingerprint density at radius 1 is 1.33 bits per heavy atom. The zero-order chi connectivity index (χ0) is 17.1. The number of hydrogen-bond donors (Lipinski definition) is 0. The molecule has 0 N–H and O–H groups in total. The molecule has 0 spiro atoms. The van der Waals surface area contributed by atoms with Gasteiger partial charge in [-0.25, -0.2) is 0 Å². The van der Waals surface area contributed by atoms with Crippen molar-refractivity contribution in [3.8, 4) is 0 Å². The number of para-hydroxylation sites is 1. The average molecular weight is 328 g/mol. The number of nitrogens with zero attached hydrogens (tertiary/aromatic N) is 4. The second-order valence-corrected chi connectivity index (χ2v) is 6.39. The van der Waals surface area contributed by atoms with Gasteiger partial charge in [0.2, 0.25) is 11.8 Å². The summed E-state index contributed by atoms with van der Waals surface area (Å²) in [5, 5.41) is 4.00. The fourth-order valence-corrected chi connectivity index (χ4v) is 3.05. The van der Waals surface area contributed by atoms with Crippen LogP contribution >= 0.6 is 0 Å². The van der Waals surface area contributed by atoms with Crippen molar-refractivity contribution in [2.75, 3.05) is 18.0 Å². The van der Waals surface area contributed by atoms with Gasteiger partial charge in [0.05, 0.1) is 12.6 Å². The van der Waals surface area contributed by atoms with E-state index in [1.807, 2.05) is 49.1 Å². The second-order valence-electron chi connectivity index (χ2n) is 6.39. The molecule has 1 aromatic heterocycles. The van der Waals surface area contributed by atoms with Gasteiger partial charge in [-0.15, -0.1) is 0 Å². The maximum absolute atomic E-state index is 12.8. The van der Waals surface area contributed by atoms with Gasteiger partial charge in [-0.3, -0.25) is 9.69 Å². The van der Waals surface area contributed by atoms with Crippen molar-refractivity contribution in [1.82, 2.24) is 15.0 Å². The van der Waals surface area contributed by atoms with Crippen molar-refractivity contribution in [3.05, 3.63) is 42.0 Å². The Labute approximate surface area is 142 Å². The summed E-state index contributed by atoms with van der Waals surface area (Å²) in [5.41, 5.74) is 0.959. The van der Waals surface area contributed by atoms with Gasteiger partial charge in [-0.2, -0.15) is 4.98 Å². The summed E-state index contributed by atoms with van der Waals surface area (Å²) in [6, 6.07) is 9.69. The highest BCUT2D eigenvalue weighted by atomic mass is 16.5. The molecule has 1 saturated heterocycles. The molecule has 1 aromatic carbocycles. The summed E-state index contributed by atoms with van der Waals surface area (Å²) in [6.07, 6.45) is 0.812. The lowest BCUT2D eigenvalue weighted by molar-refractivity contribution is -0.121. The van der Waals surface area contributed by atoms with E-state index in [2.05, 4.69) is 22.0 Å². The predicted molar refractivity (Wildman–Crippen MR) is 91.7 cm³/mol. The number of likely N-dealkylation sites (N-methyl/N-ethyl adjacent to an activating group) is 1. The zero-order valence-corrected chi connectivity index (χ0v) is 14.5. The van der Waals surface area contributed by atoms with Crippen LogP contribution in [0.2, 0.25) is 0 Å². The van der Waals surface area contributed by atoms with Crippen LogP contribution in [-0.2, 0) is 11.3 Å². The Morgan fingerprint density at radius 2 is 2.08 bits per heavy atom. The number of amides is 1. The molecule has 128 valence electrons. The number of rotatable bonds is 6. The van der Waals surface area contributed by atoms with Gasteiger partial charge in [0.25, 0.3) is 0 Å². The van der Waals surface area contributed by atoms with E-state index in [1.54, 1.807) is 0 Å². The number of carbonyl (C=O) groups is 1. The lowest BCUT2D eigenvalue weighted by Crippen LogP contribution is -2.41. The number of carbonyl (C=O) groups excluding carboxylic acids is 1. The maximum Gasteiger partial charge on any atom is 0.244 e. The summed E-state index contributed by atoms with van der Waals surface area (Å²) < 4.78 is 5.34. The summed E-state index contributed by atoms with van der Waals surface area (Å²) in [6.45, 7) is 8.13. The third-order valence-electron chi connectivity index (χ3n) is 4.43. The fourth-order valence-electron chi connectivity index (χ4n) is 3.05. The monoisotopic (exact) mass is 328 g/mol. The molecular weight excluding hydrogens is 304 g/mol. The van der Waals surface area contributed by atoms with E-state index in [9.17, 15) is 4.79 Å². The fraction of sp³-hybridized carbons (Fsp3) is 0.500. The minimum Gasteiger partial charge on any atom is -0.338 e. The molecule has 24 heavy (non-hydrogen) atoms. The van der Waals surface area contributed by atoms with Gasteiger partial charge in [-0.1, -0.05) is 44.1 Å².